The largest absolute Gasteiger partial charge is 0.395 e. The maximum absolute atomic E-state index is 12.0. The first kappa shape index (κ1) is 14.9. The summed E-state index contributed by atoms with van der Waals surface area (Å²) in [6.45, 7) is 4.11. The minimum atomic E-state index is -0.173. The molecular formula is C14H19N3O2S. The second-order valence-electron chi connectivity index (χ2n) is 4.68. The summed E-state index contributed by atoms with van der Waals surface area (Å²) in [5.41, 5.74) is 0.605. The zero-order chi connectivity index (χ0) is 14.4. The first-order valence-corrected chi connectivity index (χ1v) is 7.10. The van der Waals surface area contributed by atoms with Gasteiger partial charge in [-0.05, 0) is 24.4 Å². The van der Waals surface area contributed by atoms with E-state index in [1.54, 1.807) is 12.1 Å². The molecule has 1 aromatic rings. The number of nitrogens with zero attached hydrogens (tertiary/aromatic N) is 2. The third-order valence-corrected chi connectivity index (χ3v) is 3.69. The van der Waals surface area contributed by atoms with Crippen molar-refractivity contribution in [1.82, 2.24) is 15.1 Å². The smallest absolute Gasteiger partial charge is 0.257 e. The Balaban J connectivity index is 1.83. The first-order valence-electron chi connectivity index (χ1n) is 6.69. The van der Waals surface area contributed by atoms with Gasteiger partial charge in [-0.25, -0.2) is 0 Å². The molecule has 1 aromatic carbocycles. The Morgan fingerprint density at radius 3 is 2.45 bits per heavy atom. The van der Waals surface area contributed by atoms with E-state index in [0.29, 0.717) is 17.2 Å². The monoisotopic (exact) mass is 293 g/mol. The average Bonchev–Trinajstić information content (AvgIpc) is 2.49. The van der Waals surface area contributed by atoms with E-state index in [1.807, 2.05) is 23.1 Å². The third kappa shape index (κ3) is 4.00. The van der Waals surface area contributed by atoms with Crippen LogP contribution in [0.3, 0.4) is 0 Å². The van der Waals surface area contributed by atoms with Gasteiger partial charge in [0.25, 0.3) is 5.91 Å². The molecule has 1 aliphatic rings. The summed E-state index contributed by atoms with van der Waals surface area (Å²) in [5, 5.41) is 12.1. The van der Waals surface area contributed by atoms with Crippen molar-refractivity contribution in [3.63, 3.8) is 0 Å². The van der Waals surface area contributed by atoms with Crippen LogP contribution in [0.2, 0.25) is 0 Å². The number of hydrogen-bond acceptors (Lipinski definition) is 4. The van der Waals surface area contributed by atoms with E-state index < -0.39 is 0 Å². The van der Waals surface area contributed by atoms with Gasteiger partial charge in [0.05, 0.1) is 6.61 Å². The number of hydrogen-bond donors (Lipinski definition) is 2. The fourth-order valence-electron chi connectivity index (χ4n) is 2.15. The molecule has 0 bridgehead atoms. The van der Waals surface area contributed by atoms with Crippen molar-refractivity contribution in [3.05, 3.63) is 35.9 Å². The normalized spacial score (nSPS) is 15.9. The number of amides is 1. The quantitative estimate of drug-likeness (QED) is 0.786. The molecule has 1 amide bonds. The van der Waals surface area contributed by atoms with Crippen LogP contribution in [0.5, 0.6) is 0 Å². The number of thiocarbonyl (C=S) groups is 1. The van der Waals surface area contributed by atoms with E-state index in [1.165, 1.54) is 0 Å². The summed E-state index contributed by atoms with van der Waals surface area (Å²) in [6.07, 6.45) is 0. The van der Waals surface area contributed by atoms with Gasteiger partial charge in [-0.2, -0.15) is 0 Å². The molecule has 2 rings (SSSR count). The molecule has 6 heteroatoms. The lowest BCUT2D eigenvalue weighted by molar-refractivity contribution is 0.0968. The molecular weight excluding hydrogens is 274 g/mol. The van der Waals surface area contributed by atoms with Crippen molar-refractivity contribution in [2.45, 2.75) is 0 Å². The van der Waals surface area contributed by atoms with Crippen LogP contribution < -0.4 is 5.32 Å². The molecule has 1 heterocycles. The number of aliphatic hydroxyl groups is 1. The highest BCUT2D eigenvalue weighted by Gasteiger charge is 2.19. The summed E-state index contributed by atoms with van der Waals surface area (Å²) in [7, 11) is 0. The van der Waals surface area contributed by atoms with Crippen LogP contribution in [0.15, 0.2) is 30.3 Å². The highest BCUT2D eigenvalue weighted by molar-refractivity contribution is 7.80. The van der Waals surface area contributed by atoms with Gasteiger partial charge in [0, 0.05) is 38.3 Å². The molecule has 5 nitrogen and oxygen atoms in total. The lowest BCUT2D eigenvalue weighted by Crippen LogP contribution is -2.53. The number of β-amino-alcohol motifs (C(OH)–C–C–N with tert-alkyl or cyclic N) is 1. The molecule has 1 saturated heterocycles. The van der Waals surface area contributed by atoms with E-state index in [2.05, 4.69) is 10.2 Å². The predicted octanol–water partition coefficient (Wildman–Crippen LogP) is 0.311. The molecule has 0 unspecified atom stereocenters. The number of nitrogens with one attached hydrogen (secondary N) is 1. The van der Waals surface area contributed by atoms with Crippen molar-refractivity contribution in [1.29, 1.82) is 0 Å². The SMILES string of the molecule is O=C(NC(=S)N1CCN(CCO)CC1)c1ccccc1. The molecule has 0 aromatic heterocycles. The van der Waals surface area contributed by atoms with Gasteiger partial charge >= 0.3 is 0 Å². The molecule has 2 N–H and O–H groups in total. The van der Waals surface area contributed by atoms with Crippen molar-refractivity contribution in [3.8, 4) is 0 Å². The highest BCUT2D eigenvalue weighted by atomic mass is 32.1. The average molecular weight is 293 g/mol. The topological polar surface area (TPSA) is 55.8 Å². The Labute approximate surface area is 124 Å². The van der Waals surface area contributed by atoms with Crippen molar-refractivity contribution < 1.29 is 9.90 Å². The zero-order valence-electron chi connectivity index (χ0n) is 11.3. The first-order chi connectivity index (χ1) is 9.70. The van der Waals surface area contributed by atoms with Crippen molar-refractivity contribution in [2.24, 2.45) is 0 Å². The van der Waals surface area contributed by atoms with Crippen LogP contribution in [-0.4, -0.2) is 65.3 Å². The third-order valence-electron chi connectivity index (χ3n) is 3.33. The Bertz CT molecular complexity index is 459. The molecule has 1 aliphatic heterocycles. The molecule has 0 spiro atoms. The molecule has 0 aliphatic carbocycles. The zero-order valence-corrected chi connectivity index (χ0v) is 12.1. The fourth-order valence-corrected chi connectivity index (χ4v) is 2.43. The van der Waals surface area contributed by atoms with E-state index in [0.717, 1.165) is 26.2 Å². The number of aliphatic hydroxyl groups excluding tert-OH is 1. The minimum Gasteiger partial charge on any atom is -0.395 e. The Hall–Kier alpha value is -1.50. The Kier molecular flexibility index (Phi) is 5.46. The van der Waals surface area contributed by atoms with Gasteiger partial charge in [0.15, 0.2) is 5.11 Å². The second kappa shape index (κ2) is 7.33. The lowest BCUT2D eigenvalue weighted by atomic mass is 10.2. The highest BCUT2D eigenvalue weighted by Crippen LogP contribution is 2.03. The number of piperazine rings is 1. The Morgan fingerprint density at radius 1 is 1.20 bits per heavy atom. The predicted molar refractivity (Wildman–Crippen MR) is 81.6 cm³/mol. The molecule has 0 saturated carbocycles. The number of rotatable bonds is 3. The minimum absolute atomic E-state index is 0.173. The van der Waals surface area contributed by atoms with Crippen LogP contribution >= 0.6 is 12.2 Å². The summed E-state index contributed by atoms with van der Waals surface area (Å²) in [5.74, 6) is -0.173. The van der Waals surface area contributed by atoms with Gasteiger partial charge in [0.1, 0.15) is 0 Å². The number of carbonyl (C=O) groups is 1. The maximum Gasteiger partial charge on any atom is 0.257 e. The van der Waals surface area contributed by atoms with Gasteiger partial charge in [-0.3, -0.25) is 15.0 Å². The summed E-state index contributed by atoms with van der Waals surface area (Å²) in [4.78, 5) is 16.2. The summed E-state index contributed by atoms with van der Waals surface area (Å²) < 4.78 is 0. The Morgan fingerprint density at radius 2 is 1.85 bits per heavy atom. The maximum atomic E-state index is 12.0. The number of carbonyl (C=O) groups excluding carboxylic acids is 1. The number of benzene rings is 1. The molecule has 0 atom stereocenters. The standard InChI is InChI=1S/C14H19N3O2S/c18-11-10-16-6-8-17(9-7-16)14(20)15-13(19)12-4-2-1-3-5-12/h1-5,18H,6-11H2,(H,15,19,20). The summed E-state index contributed by atoms with van der Waals surface area (Å²) >= 11 is 5.28. The van der Waals surface area contributed by atoms with Crippen LogP contribution in [0.25, 0.3) is 0 Å². The van der Waals surface area contributed by atoms with E-state index in [4.69, 9.17) is 17.3 Å². The van der Waals surface area contributed by atoms with Gasteiger partial charge in [-0.1, -0.05) is 18.2 Å². The van der Waals surface area contributed by atoms with Crippen LogP contribution in [0.4, 0.5) is 0 Å². The van der Waals surface area contributed by atoms with E-state index >= 15 is 0 Å². The lowest BCUT2D eigenvalue weighted by Gasteiger charge is -2.35. The van der Waals surface area contributed by atoms with E-state index in [9.17, 15) is 4.79 Å². The van der Waals surface area contributed by atoms with Crippen molar-refractivity contribution >= 4 is 23.2 Å². The second-order valence-corrected chi connectivity index (χ2v) is 5.06. The summed E-state index contributed by atoms with van der Waals surface area (Å²) in [6, 6.07) is 9.04. The van der Waals surface area contributed by atoms with Gasteiger partial charge < -0.3 is 10.0 Å². The van der Waals surface area contributed by atoms with Crippen LogP contribution in [0, 0.1) is 0 Å². The van der Waals surface area contributed by atoms with Crippen LogP contribution in [-0.2, 0) is 0 Å². The van der Waals surface area contributed by atoms with E-state index in [-0.39, 0.29) is 12.5 Å². The fraction of sp³-hybridized carbons (Fsp3) is 0.429. The molecule has 108 valence electrons. The molecule has 1 fully saturated rings. The molecule has 0 radical (unpaired) electrons. The molecule has 20 heavy (non-hydrogen) atoms. The van der Waals surface area contributed by atoms with Gasteiger partial charge in [-0.15, -0.1) is 0 Å². The van der Waals surface area contributed by atoms with Crippen LogP contribution in [0.1, 0.15) is 10.4 Å². The van der Waals surface area contributed by atoms with Crippen molar-refractivity contribution in [2.75, 3.05) is 39.3 Å². The van der Waals surface area contributed by atoms with Gasteiger partial charge in [0.2, 0.25) is 0 Å².